The summed E-state index contributed by atoms with van der Waals surface area (Å²) in [7, 11) is 0. The molecule has 1 heterocycles. The molecule has 6 nitrogen and oxygen atoms in total. The number of fused-ring (bicyclic) bond motifs is 2. The maximum atomic E-state index is 13.3. The molecule has 1 saturated heterocycles. The van der Waals surface area contributed by atoms with Crippen molar-refractivity contribution in [1.29, 1.82) is 0 Å². The van der Waals surface area contributed by atoms with Crippen molar-refractivity contribution in [2.75, 3.05) is 13.1 Å². The van der Waals surface area contributed by atoms with Crippen LogP contribution in [0, 0.1) is 0 Å². The summed E-state index contributed by atoms with van der Waals surface area (Å²) in [5, 5.41) is 2.90. The fourth-order valence-electron chi connectivity index (χ4n) is 4.37. The first-order valence-corrected chi connectivity index (χ1v) is 10.1. The first kappa shape index (κ1) is 19.2. The molecule has 4 amide bonds. The average Bonchev–Trinajstić information content (AvgIpc) is 2.97. The van der Waals surface area contributed by atoms with Gasteiger partial charge in [0.2, 0.25) is 5.91 Å². The molecule has 1 aliphatic heterocycles. The van der Waals surface area contributed by atoms with Crippen LogP contribution >= 0.6 is 0 Å². The summed E-state index contributed by atoms with van der Waals surface area (Å²) in [6.07, 6.45) is 2.27. The lowest BCUT2D eigenvalue weighted by atomic mass is 9.76. The third-order valence-corrected chi connectivity index (χ3v) is 5.89. The van der Waals surface area contributed by atoms with Gasteiger partial charge in [0.1, 0.15) is 12.1 Å². The lowest BCUT2D eigenvalue weighted by Gasteiger charge is -2.33. The lowest BCUT2D eigenvalue weighted by molar-refractivity contribution is -0.139. The summed E-state index contributed by atoms with van der Waals surface area (Å²) >= 11 is 0. The first-order chi connectivity index (χ1) is 14.0. The van der Waals surface area contributed by atoms with Gasteiger partial charge in [-0.25, -0.2) is 4.79 Å². The standard InChI is InChI=1S/C23H25N3O3/c1-2-25(15-17-9-4-3-5-10-17)20(27)16-26-21(28)23(24-22(26)29)14-8-12-18-11-6-7-13-19(18)23/h3-7,9-11,13H,2,8,12,14-16H2,1H3,(H,24,29)/t23-/m1/s1. The van der Waals surface area contributed by atoms with Crippen LogP contribution < -0.4 is 5.32 Å². The Bertz CT molecular complexity index is 943. The van der Waals surface area contributed by atoms with Gasteiger partial charge in [0, 0.05) is 13.1 Å². The Balaban J connectivity index is 1.53. The number of amides is 4. The Morgan fingerprint density at radius 1 is 1.10 bits per heavy atom. The monoisotopic (exact) mass is 391 g/mol. The fraction of sp³-hybridized carbons (Fsp3) is 0.348. The van der Waals surface area contributed by atoms with Crippen LogP contribution in [-0.4, -0.2) is 40.7 Å². The number of benzene rings is 2. The predicted molar refractivity (Wildman–Crippen MR) is 109 cm³/mol. The summed E-state index contributed by atoms with van der Waals surface area (Å²) < 4.78 is 0. The number of likely N-dealkylation sites (N-methyl/N-ethyl adjacent to an activating group) is 1. The summed E-state index contributed by atoms with van der Waals surface area (Å²) in [4.78, 5) is 41.7. The molecule has 2 aromatic carbocycles. The third-order valence-electron chi connectivity index (χ3n) is 5.89. The third kappa shape index (κ3) is 3.39. The molecule has 4 rings (SSSR count). The van der Waals surface area contributed by atoms with E-state index in [-0.39, 0.29) is 18.4 Å². The van der Waals surface area contributed by atoms with Gasteiger partial charge in [-0.05, 0) is 42.9 Å². The molecule has 0 radical (unpaired) electrons. The largest absolute Gasteiger partial charge is 0.337 e. The van der Waals surface area contributed by atoms with Crippen LogP contribution in [-0.2, 0) is 28.1 Å². The van der Waals surface area contributed by atoms with Crippen molar-refractivity contribution in [2.24, 2.45) is 0 Å². The van der Waals surface area contributed by atoms with Gasteiger partial charge >= 0.3 is 6.03 Å². The molecule has 150 valence electrons. The van der Waals surface area contributed by atoms with E-state index in [0.717, 1.165) is 34.4 Å². The number of rotatable bonds is 5. The van der Waals surface area contributed by atoms with Gasteiger partial charge in [-0.3, -0.25) is 14.5 Å². The van der Waals surface area contributed by atoms with Crippen molar-refractivity contribution in [3.8, 4) is 0 Å². The van der Waals surface area contributed by atoms with E-state index in [1.807, 2.05) is 61.5 Å². The van der Waals surface area contributed by atoms with Crippen molar-refractivity contribution in [1.82, 2.24) is 15.1 Å². The van der Waals surface area contributed by atoms with Crippen molar-refractivity contribution < 1.29 is 14.4 Å². The Labute approximate surface area is 170 Å². The van der Waals surface area contributed by atoms with Gasteiger partial charge in [0.05, 0.1) is 0 Å². The summed E-state index contributed by atoms with van der Waals surface area (Å²) in [6.45, 7) is 2.61. The maximum absolute atomic E-state index is 13.3. The molecular formula is C23H25N3O3. The molecule has 6 heteroatoms. The minimum atomic E-state index is -1.04. The van der Waals surface area contributed by atoms with Gasteiger partial charge in [-0.2, -0.15) is 0 Å². The summed E-state index contributed by atoms with van der Waals surface area (Å²) in [5.74, 6) is -0.556. The minimum absolute atomic E-state index is 0.235. The van der Waals surface area contributed by atoms with Gasteiger partial charge in [0.25, 0.3) is 5.91 Å². The molecule has 2 aliphatic rings. The van der Waals surface area contributed by atoms with Crippen LogP contribution in [0.1, 0.15) is 36.5 Å². The zero-order chi connectivity index (χ0) is 20.4. The molecule has 0 aromatic heterocycles. The highest BCUT2D eigenvalue weighted by molar-refractivity contribution is 6.09. The second-order valence-electron chi connectivity index (χ2n) is 7.63. The topological polar surface area (TPSA) is 69.7 Å². The van der Waals surface area contributed by atoms with Gasteiger partial charge in [-0.15, -0.1) is 0 Å². The van der Waals surface area contributed by atoms with E-state index < -0.39 is 11.6 Å². The number of hydrogen-bond donors (Lipinski definition) is 1. The summed E-state index contributed by atoms with van der Waals surface area (Å²) in [6, 6.07) is 16.9. The molecule has 29 heavy (non-hydrogen) atoms. The van der Waals surface area contributed by atoms with E-state index in [1.54, 1.807) is 4.90 Å². The number of carbonyl (C=O) groups excluding carboxylic acids is 3. The molecule has 1 N–H and O–H groups in total. The Morgan fingerprint density at radius 2 is 1.83 bits per heavy atom. The maximum Gasteiger partial charge on any atom is 0.325 e. The van der Waals surface area contributed by atoms with Crippen LogP contribution in [0.4, 0.5) is 4.79 Å². The van der Waals surface area contributed by atoms with Gasteiger partial charge in [-0.1, -0.05) is 54.6 Å². The quantitative estimate of drug-likeness (QED) is 0.797. The highest BCUT2D eigenvalue weighted by Gasteiger charge is 2.54. The SMILES string of the molecule is CCN(Cc1ccccc1)C(=O)CN1C(=O)N[C@@]2(CCCc3ccccc32)C1=O. The number of hydrogen-bond acceptors (Lipinski definition) is 3. The van der Waals surface area contributed by atoms with Crippen LogP contribution in [0.25, 0.3) is 0 Å². The normalized spacial score (nSPS) is 20.5. The smallest absolute Gasteiger partial charge is 0.325 e. The van der Waals surface area contributed by atoms with Crippen LogP contribution in [0.3, 0.4) is 0 Å². The van der Waals surface area contributed by atoms with Crippen molar-refractivity contribution >= 4 is 17.8 Å². The Hall–Kier alpha value is -3.15. The van der Waals surface area contributed by atoms with E-state index in [0.29, 0.717) is 19.5 Å². The van der Waals surface area contributed by atoms with E-state index in [9.17, 15) is 14.4 Å². The number of nitrogens with zero attached hydrogens (tertiary/aromatic N) is 2. The minimum Gasteiger partial charge on any atom is -0.337 e. The number of nitrogens with one attached hydrogen (secondary N) is 1. The van der Waals surface area contributed by atoms with E-state index in [4.69, 9.17) is 0 Å². The molecule has 1 aliphatic carbocycles. The Kier molecular flexibility index (Phi) is 5.09. The predicted octanol–water partition coefficient (Wildman–Crippen LogP) is 2.82. The lowest BCUT2D eigenvalue weighted by Crippen LogP contribution is -2.47. The number of aryl methyl sites for hydroxylation is 1. The van der Waals surface area contributed by atoms with E-state index >= 15 is 0 Å². The molecule has 0 saturated carbocycles. The molecular weight excluding hydrogens is 366 g/mol. The molecule has 1 atom stereocenters. The van der Waals surface area contributed by atoms with Crippen LogP contribution in [0.5, 0.6) is 0 Å². The highest BCUT2D eigenvalue weighted by atomic mass is 16.2. The molecule has 1 fully saturated rings. The second kappa shape index (κ2) is 7.70. The van der Waals surface area contributed by atoms with Crippen LogP contribution in [0.2, 0.25) is 0 Å². The zero-order valence-electron chi connectivity index (χ0n) is 16.6. The van der Waals surface area contributed by atoms with E-state index in [1.165, 1.54) is 0 Å². The van der Waals surface area contributed by atoms with E-state index in [2.05, 4.69) is 5.32 Å². The molecule has 2 aromatic rings. The van der Waals surface area contributed by atoms with Gasteiger partial charge < -0.3 is 10.2 Å². The van der Waals surface area contributed by atoms with Crippen molar-refractivity contribution in [2.45, 2.75) is 38.3 Å². The van der Waals surface area contributed by atoms with Gasteiger partial charge in [0.15, 0.2) is 0 Å². The number of imide groups is 1. The fourth-order valence-corrected chi connectivity index (χ4v) is 4.37. The molecule has 0 bridgehead atoms. The molecule has 1 spiro atoms. The number of carbonyl (C=O) groups is 3. The van der Waals surface area contributed by atoms with Crippen molar-refractivity contribution in [3.63, 3.8) is 0 Å². The second-order valence-corrected chi connectivity index (χ2v) is 7.63. The Morgan fingerprint density at radius 3 is 2.59 bits per heavy atom. The van der Waals surface area contributed by atoms with Crippen molar-refractivity contribution in [3.05, 3.63) is 71.3 Å². The summed E-state index contributed by atoms with van der Waals surface area (Å²) in [5.41, 5.74) is 1.91. The highest BCUT2D eigenvalue weighted by Crippen LogP contribution is 2.39. The average molecular weight is 391 g/mol. The first-order valence-electron chi connectivity index (χ1n) is 10.1. The molecule has 0 unspecified atom stereocenters. The zero-order valence-corrected chi connectivity index (χ0v) is 16.6. The van der Waals surface area contributed by atoms with Crippen LogP contribution in [0.15, 0.2) is 54.6 Å². The number of urea groups is 1.